The third-order valence-corrected chi connectivity index (χ3v) is 9.32. The highest BCUT2D eigenvalue weighted by atomic mass is 32.1. The Hall–Kier alpha value is -2.71. The van der Waals surface area contributed by atoms with Crippen molar-refractivity contribution in [3.05, 3.63) is 51.4 Å². The van der Waals surface area contributed by atoms with Crippen LogP contribution in [0.1, 0.15) is 61.9 Å². The number of ether oxygens (including phenoxy) is 2. The van der Waals surface area contributed by atoms with Crippen LogP contribution in [0.15, 0.2) is 35.3 Å². The first-order chi connectivity index (χ1) is 17.6. The second-order valence-corrected chi connectivity index (χ2v) is 11.5. The van der Waals surface area contributed by atoms with Crippen LogP contribution in [0.2, 0.25) is 0 Å². The number of nitrogens with zero attached hydrogens (tertiary/aromatic N) is 4. The van der Waals surface area contributed by atoms with E-state index in [0.717, 1.165) is 43.9 Å². The van der Waals surface area contributed by atoms with Crippen LogP contribution < -0.4 is 10.3 Å². The van der Waals surface area contributed by atoms with Crippen molar-refractivity contribution in [3.63, 3.8) is 0 Å². The fraction of sp³-hybridized carbons (Fsp3) is 0.536. The van der Waals surface area contributed by atoms with Crippen molar-refractivity contribution in [1.82, 2.24) is 19.3 Å². The molecule has 3 aromatic heterocycles. The molecule has 2 aliphatic carbocycles. The smallest absolute Gasteiger partial charge is 0.291 e. The van der Waals surface area contributed by atoms with Gasteiger partial charge in [-0.2, -0.15) is 5.10 Å². The summed E-state index contributed by atoms with van der Waals surface area (Å²) >= 11 is 1.62. The summed E-state index contributed by atoms with van der Waals surface area (Å²) in [5, 5.41) is 6.32. The molecule has 1 aromatic carbocycles. The van der Waals surface area contributed by atoms with E-state index in [4.69, 9.17) is 14.5 Å². The lowest BCUT2D eigenvalue weighted by atomic mass is 9.78. The standard InChI is InChI=1S/C28H34N4O3S/c1-31-25-23(15-29-32(28(25)33)16-18-6-5-9-22(14-18)34-2)26-27(31)30-24(36-26)17-35-21-12-10-20(11-13-21)19-7-3-4-8-19/h5-6,9,14-15,19-21H,3-4,7-8,10-13,16-17H2,1-2H3. The maximum atomic E-state index is 13.3. The summed E-state index contributed by atoms with van der Waals surface area (Å²) in [6.07, 6.45) is 12.9. The van der Waals surface area contributed by atoms with Crippen molar-refractivity contribution < 1.29 is 9.47 Å². The third-order valence-electron chi connectivity index (χ3n) is 8.26. The SMILES string of the molecule is COc1cccc(Cn2ncc3c4sc(COC5CCC(C6CCCC6)CC5)nc4n(C)c3c2=O)c1. The maximum absolute atomic E-state index is 13.3. The Labute approximate surface area is 215 Å². The molecule has 0 amide bonds. The minimum Gasteiger partial charge on any atom is -0.497 e. The number of fused-ring (bicyclic) bond motifs is 3. The van der Waals surface area contributed by atoms with Crippen LogP contribution >= 0.6 is 11.3 Å². The molecular formula is C28H34N4O3S. The highest BCUT2D eigenvalue weighted by Gasteiger charge is 2.30. The highest BCUT2D eigenvalue weighted by molar-refractivity contribution is 7.19. The molecule has 8 heteroatoms. The quantitative estimate of drug-likeness (QED) is 0.323. The number of hydrogen-bond donors (Lipinski definition) is 0. The lowest BCUT2D eigenvalue weighted by molar-refractivity contribution is 0.00104. The maximum Gasteiger partial charge on any atom is 0.291 e. The molecule has 0 spiro atoms. The monoisotopic (exact) mass is 506 g/mol. The Kier molecular flexibility index (Phi) is 6.56. The van der Waals surface area contributed by atoms with Crippen LogP contribution in [0, 0.1) is 11.8 Å². The summed E-state index contributed by atoms with van der Waals surface area (Å²) in [6, 6.07) is 7.71. The van der Waals surface area contributed by atoms with Gasteiger partial charge in [-0.25, -0.2) is 9.67 Å². The fourth-order valence-electron chi connectivity index (χ4n) is 6.30. The average Bonchev–Trinajstić information content (AvgIpc) is 3.64. The normalized spacial score (nSPS) is 21.1. The van der Waals surface area contributed by atoms with Crippen molar-refractivity contribution in [3.8, 4) is 5.75 Å². The molecule has 3 heterocycles. The van der Waals surface area contributed by atoms with Crippen molar-refractivity contribution >= 4 is 32.6 Å². The van der Waals surface area contributed by atoms with E-state index in [9.17, 15) is 4.79 Å². The second-order valence-electron chi connectivity index (χ2n) is 10.4. The Morgan fingerprint density at radius 3 is 2.64 bits per heavy atom. The number of benzene rings is 1. The van der Waals surface area contributed by atoms with Gasteiger partial charge in [-0.1, -0.05) is 37.8 Å². The van der Waals surface area contributed by atoms with Crippen LogP contribution in [0.3, 0.4) is 0 Å². The molecule has 36 heavy (non-hydrogen) atoms. The summed E-state index contributed by atoms with van der Waals surface area (Å²) in [6.45, 7) is 0.931. The van der Waals surface area contributed by atoms with E-state index in [1.165, 1.54) is 56.0 Å². The van der Waals surface area contributed by atoms with Crippen molar-refractivity contribution in [2.75, 3.05) is 7.11 Å². The van der Waals surface area contributed by atoms with Crippen LogP contribution in [-0.2, 0) is 24.9 Å². The summed E-state index contributed by atoms with van der Waals surface area (Å²) in [4.78, 5) is 18.2. The molecule has 2 fully saturated rings. The number of rotatable bonds is 7. The van der Waals surface area contributed by atoms with Gasteiger partial charge in [-0.15, -0.1) is 11.3 Å². The van der Waals surface area contributed by atoms with E-state index >= 15 is 0 Å². The Balaban J connectivity index is 1.16. The number of aryl methyl sites for hydroxylation is 1. The fourth-order valence-corrected chi connectivity index (χ4v) is 7.32. The first kappa shape index (κ1) is 23.7. The van der Waals surface area contributed by atoms with E-state index < -0.39 is 0 Å². The number of hydrogen-bond acceptors (Lipinski definition) is 6. The first-order valence-corrected chi connectivity index (χ1v) is 14.0. The average molecular weight is 507 g/mol. The topological polar surface area (TPSA) is 71.2 Å². The lowest BCUT2D eigenvalue weighted by Gasteiger charge is -2.32. The van der Waals surface area contributed by atoms with Crippen LogP contribution in [-0.4, -0.2) is 32.5 Å². The second kappa shape index (κ2) is 9.98. The van der Waals surface area contributed by atoms with Gasteiger partial charge in [0.05, 0.1) is 37.3 Å². The van der Waals surface area contributed by atoms with Gasteiger partial charge < -0.3 is 14.0 Å². The summed E-state index contributed by atoms with van der Waals surface area (Å²) in [5.74, 6) is 2.65. The minimum absolute atomic E-state index is 0.111. The molecule has 6 rings (SSSR count). The van der Waals surface area contributed by atoms with Gasteiger partial charge in [0.1, 0.15) is 16.3 Å². The zero-order chi connectivity index (χ0) is 24.6. The molecule has 0 unspecified atom stereocenters. The highest BCUT2D eigenvalue weighted by Crippen LogP contribution is 2.40. The van der Waals surface area contributed by atoms with Gasteiger partial charge in [-0.3, -0.25) is 4.79 Å². The molecule has 0 bridgehead atoms. The molecule has 0 saturated heterocycles. The number of aromatic nitrogens is 4. The predicted molar refractivity (Wildman–Crippen MR) is 143 cm³/mol. The molecule has 0 aliphatic heterocycles. The molecule has 7 nitrogen and oxygen atoms in total. The van der Waals surface area contributed by atoms with Gasteiger partial charge in [-0.05, 0) is 55.2 Å². The summed E-state index contributed by atoms with van der Waals surface area (Å²) in [7, 11) is 3.55. The van der Waals surface area contributed by atoms with E-state index in [-0.39, 0.29) is 5.56 Å². The van der Waals surface area contributed by atoms with Gasteiger partial charge >= 0.3 is 0 Å². The summed E-state index contributed by atoms with van der Waals surface area (Å²) < 4.78 is 16.0. The zero-order valence-electron chi connectivity index (χ0n) is 21.1. The van der Waals surface area contributed by atoms with Crippen molar-refractivity contribution in [2.24, 2.45) is 18.9 Å². The Bertz CT molecular complexity index is 1420. The molecule has 0 N–H and O–H groups in total. The molecule has 0 radical (unpaired) electrons. The molecule has 0 atom stereocenters. The van der Waals surface area contributed by atoms with Gasteiger partial charge in [0, 0.05) is 12.4 Å². The van der Waals surface area contributed by atoms with E-state index in [0.29, 0.717) is 24.8 Å². The molecular weight excluding hydrogens is 472 g/mol. The van der Waals surface area contributed by atoms with Crippen LogP contribution in [0.25, 0.3) is 21.3 Å². The van der Waals surface area contributed by atoms with Gasteiger partial charge in [0.25, 0.3) is 5.56 Å². The molecule has 190 valence electrons. The van der Waals surface area contributed by atoms with Crippen LogP contribution in [0.4, 0.5) is 0 Å². The lowest BCUT2D eigenvalue weighted by Crippen LogP contribution is -2.25. The minimum atomic E-state index is -0.111. The summed E-state index contributed by atoms with van der Waals surface area (Å²) in [5.41, 5.74) is 2.32. The Morgan fingerprint density at radius 1 is 1.08 bits per heavy atom. The third kappa shape index (κ3) is 4.45. The van der Waals surface area contributed by atoms with Crippen molar-refractivity contribution in [1.29, 1.82) is 0 Å². The Morgan fingerprint density at radius 2 is 1.86 bits per heavy atom. The largest absolute Gasteiger partial charge is 0.497 e. The van der Waals surface area contributed by atoms with E-state index in [1.54, 1.807) is 24.6 Å². The number of thiazole rings is 1. The van der Waals surface area contributed by atoms with Gasteiger partial charge in [0.2, 0.25) is 0 Å². The molecule has 2 aliphatic rings. The predicted octanol–water partition coefficient (Wildman–Crippen LogP) is 5.67. The first-order valence-electron chi connectivity index (χ1n) is 13.2. The van der Waals surface area contributed by atoms with E-state index in [1.807, 2.05) is 35.9 Å². The molecule has 4 aromatic rings. The zero-order valence-corrected chi connectivity index (χ0v) is 21.9. The van der Waals surface area contributed by atoms with E-state index in [2.05, 4.69) is 5.10 Å². The van der Waals surface area contributed by atoms with Crippen LogP contribution in [0.5, 0.6) is 5.75 Å². The van der Waals surface area contributed by atoms with Gasteiger partial charge in [0.15, 0.2) is 5.65 Å². The number of methoxy groups -OCH3 is 1. The van der Waals surface area contributed by atoms with Crippen molar-refractivity contribution in [2.45, 2.75) is 70.6 Å². The molecule has 2 saturated carbocycles.